The molecule has 27 heavy (non-hydrogen) atoms. The summed E-state index contributed by atoms with van der Waals surface area (Å²) in [5, 5.41) is 2.93. The molecule has 0 aliphatic carbocycles. The largest absolute Gasteiger partial charge is 0.484 e. The second-order valence-electron chi connectivity index (χ2n) is 6.50. The number of ether oxygens (including phenoxy) is 2. The van der Waals surface area contributed by atoms with Crippen molar-refractivity contribution >= 4 is 11.6 Å². The maximum Gasteiger partial charge on any atom is 0.262 e. The van der Waals surface area contributed by atoms with Crippen molar-refractivity contribution in [2.24, 2.45) is 0 Å². The third-order valence-corrected chi connectivity index (χ3v) is 4.11. The van der Waals surface area contributed by atoms with Gasteiger partial charge in [-0.2, -0.15) is 0 Å². The first kappa shape index (κ1) is 18.5. The predicted molar refractivity (Wildman–Crippen MR) is 108 cm³/mol. The lowest BCUT2D eigenvalue weighted by atomic mass is 10.1. The highest BCUT2D eigenvalue weighted by atomic mass is 16.5. The second kappa shape index (κ2) is 8.41. The lowest BCUT2D eigenvalue weighted by Crippen LogP contribution is -2.21. The molecule has 3 aromatic carbocycles. The first-order chi connectivity index (χ1) is 13.0. The molecule has 4 heteroatoms. The minimum atomic E-state index is -0.185. The lowest BCUT2D eigenvalue weighted by molar-refractivity contribution is -0.118. The highest BCUT2D eigenvalue weighted by Gasteiger charge is 2.09. The van der Waals surface area contributed by atoms with Gasteiger partial charge in [-0.3, -0.25) is 4.79 Å². The molecular formula is C23H23NO3. The number of rotatable bonds is 6. The molecule has 0 heterocycles. The zero-order valence-corrected chi connectivity index (χ0v) is 15.8. The zero-order valence-electron chi connectivity index (χ0n) is 15.8. The molecule has 0 fully saturated rings. The molecule has 0 aliphatic heterocycles. The molecule has 1 N–H and O–H groups in total. The van der Waals surface area contributed by atoms with Gasteiger partial charge in [-0.05, 0) is 68.3 Å². The van der Waals surface area contributed by atoms with Gasteiger partial charge in [0.15, 0.2) is 6.61 Å². The molecule has 0 aliphatic rings. The van der Waals surface area contributed by atoms with Gasteiger partial charge >= 0.3 is 0 Å². The van der Waals surface area contributed by atoms with Crippen LogP contribution < -0.4 is 14.8 Å². The van der Waals surface area contributed by atoms with E-state index in [0.29, 0.717) is 11.5 Å². The second-order valence-corrected chi connectivity index (χ2v) is 6.50. The van der Waals surface area contributed by atoms with Gasteiger partial charge in [0.1, 0.15) is 17.2 Å². The van der Waals surface area contributed by atoms with Gasteiger partial charge in [0.25, 0.3) is 5.91 Å². The van der Waals surface area contributed by atoms with Gasteiger partial charge in [-0.15, -0.1) is 0 Å². The van der Waals surface area contributed by atoms with Crippen molar-refractivity contribution in [2.75, 3.05) is 11.9 Å². The van der Waals surface area contributed by atoms with Gasteiger partial charge < -0.3 is 14.8 Å². The molecule has 0 saturated heterocycles. The smallest absolute Gasteiger partial charge is 0.262 e. The third-order valence-electron chi connectivity index (χ3n) is 4.11. The monoisotopic (exact) mass is 361 g/mol. The average Bonchev–Trinajstić information content (AvgIpc) is 2.65. The molecule has 0 bridgehead atoms. The number of carbonyl (C=O) groups excluding carboxylic acids is 1. The predicted octanol–water partition coefficient (Wildman–Crippen LogP) is 5.42. The van der Waals surface area contributed by atoms with E-state index in [2.05, 4.69) is 17.4 Å². The SMILES string of the molecule is Cc1cc(C)c(NC(=O)COc2ccc(Oc3ccccc3)cc2)c(C)c1. The van der Waals surface area contributed by atoms with E-state index in [1.54, 1.807) is 12.1 Å². The summed E-state index contributed by atoms with van der Waals surface area (Å²) in [6.45, 7) is 5.97. The molecule has 0 atom stereocenters. The summed E-state index contributed by atoms with van der Waals surface area (Å²) in [5.41, 5.74) is 4.12. The van der Waals surface area contributed by atoms with E-state index in [1.165, 1.54) is 5.56 Å². The Labute approximate surface area is 159 Å². The van der Waals surface area contributed by atoms with E-state index in [4.69, 9.17) is 9.47 Å². The van der Waals surface area contributed by atoms with E-state index in [1.807, 2.05) is 63.2 Å². The van der Waals surface area contributed by atoms with Gasteiger partial charge in [0.2, 0.25) is 0 Å². The van der Waals surface area contributed by atoms with Crippen molar-refractivity contribution in [1.82, 2.24) is 0 Å². The molecule has 0 aromatic heterocycles. The molecule has 0 spiro atoms. The first-order valence-electron chi connectivity index (χ1n) is 8.85. The van der Waals surface area contributed by atoms with E-state index < -0.39 is 0 Å². The van der Waals surface area contributed by atoms with Crippen molar-refractivity contribution in [1.29, 1.82) is 0 Å². The van der Waals surface area contributed by atoms with Crippen molar-refractivity contribution in [3.8, 4) is 17.2 Å². The van der Waals surface area contributed by atoms with Crippen LogP contribution in [0.5, 0.6) is 17.2 Å². The lowest BCUT2D eigenvalue weighted by Gasteiger charge is -2.13. The molecule has 0 unspecified atom stereocenters. The summed E-state index contributed by atoms with van der Waals surface area (Å²) >= 11 is 0. The molecule has 4 nitrogen and oxygen atoms in total. The summed E-state index contributed by atoms with van der Waals surface area (Å²) in [7, 11) is 0. The Hall–Kier alpha value is -3.27. The van der Waals surface area contributed by atoms with Crippen LogP contribution in [0.4, 0.5) is 5.69 Å². The van der Waals surface area contributed by atoms with Crippen LogP contribution in [0.3, 0.4) is 0 Å². The van der Waals surface area contributed by atoms with Crippen LogP contribution in [-0.4, -0.2) is 12.5 Å². The Morgan fingerprint density at radius 2 is 1.37 bits per heavy atom. The molecule has 3 rings (SSSR count). The summed E-state index contributed by atoms with van der Waals surface area (Å²) in [5.74, 6) is 1.91. The highest BCUT2D eigenvalue weighted by molar-refractivity contribution is 5.93. The normalized spacial score (nSPS) is 10.3. The number of anilines is 1. The fourth-order valence-corrected chi connectivity index (χ4v) is 2.93. The maximum absolute atomic E-state index is 12.2. The molecule has 1 amide bonds. The van der Waals surface area contributed by atoms with E-state index >= 15 is 0 Å². The van der Waals surface area contributed by atoms with E-state index in [9.17, 15) is 4.79 Å². The summed E-state index contributed by atoms with van der Waals surface area (Å²) in [6.07, 6.45) is 0. The Bertz CT molecular complexity index is 895. The minimum Gasteiger partial charge on any atom is -0.484 e. The number of para-hydroxylation sites is 1. The Morgan fingerprint density at radius 1 is 0.815 bits per heavy atom. The number of hydrogen-bond acceptors (Lipinski definition) is 3. The quantitative estimate of drug-likeness (QED) is 0.637. The van der Waals surface area contributed by atoms with Crippen LogP contribution >= 0.6 is 0 Å². The standard InChI is InChI=1S/C23H23NO3/c1-16-13-17(2)23(18(3)14-16)24-22(25)15-26-19-9-11-21(12-10-19)27-20-7-5-4-6-8-20/h4-14H,15H2,1-3H3,(H,24,25). The summed E-state index contributed by atoms with van der Waals surface area (Å²) in [6, 6.07) is 20.9. The van der Waals surface area contributed by atoms with E-state index in [-0.39, 0.29) is 12.5 Å². The zero-order chi connectivity index (χ0) is 19.2. The highest BCUT2D eigenvalue weighted by Crippen LogP contribution is 2.24. The molecule has 0 saturated carbocycles. The van der Waals surface area contributed by atoms with Crippen molar-refractivity contribution in [2.45, 2.75) is 20.8 Å². The Balaban J connectivity index is 1.55. The van der Waals surface area contributed by atoms with Crippen LogP contribution in [0.15, 0.2) is 66.7 Å². The van der Waals surface area contributed by atoms with Gasteiger partial charge in [0.05, 0.1) is 0 Å². The summed E-state index contributed by atoms with van der Waals surface area (Å²) in [4.78, 5) is 12.2. The number of amides is 1. The van der Waals surface area contributed by atoms with Crippen molar-refractivity contribution in [3.05, 3.63) is 83.4 Å². The molecule has 3 aromatic rings. The van der Waals surface area contributed by atoms with Gasteiger partial charge in [0, 0.05) is 5.69 Å². The maximum atomic E-state index is 12.2. The molecular weight excluding hydrogens is 338 g/mol. The van der Waals surface area contributed by atoms with Gasteiger partial charge in [-0.25, -0.2) is 0 Å². The fraction of sp³-hybridized carbons (Fsp3) is 0.174. The first-order valence-corrected chi connectivity index (χ1v) is 8.85. The number of aryl methyl sites for hydroxylation is 3. The average molecular weight is 361 g/mol. The summed E-state index contributed by atoms with van der Waals surface area (Å²) < 4.78 is 11.3. The van der Waals surface area contributed by atoms with E-state index in [0.717, 1.165) is 22.6 Å². The number of benzene rings is 3. The van der Waals surface area contributed by atoms with Crippen LogP contribution in [0.25, 0.3) is 0 Å². The molecule has 0 radical (unpaired) electrons. The number of carbonyl (C=O) groups is 1. The number of hydrogen-bond donors (Lipinski definition) is 1. The van der Waals surface area contributed by atoms with Gasteiger partial charge in [-0.1, -0.05) is 35.9 Å². The molecule has 138 valence electrons. The Kier molecular flexibility index (Phi) is 5.77. The third kappa shape index (κ3) is 5.11. The minimum absolute atomic E-state index is 0.0500. The topological polar surface area (TPSA) is 47.6 Å². The van der Waals surface area contributed by atoms with Crippen LogP contribution in [-0.2, 0) is 4.79 Å². The van der Waals surface area contributed by atoms with Crippen molar-refractivity contribution in [3.63, 3.8) is 0 Å². The van der Waals surface area contributed by atoms with Crippen LogP contribution in [0.1, 0.15) is 16.7 Å². The van der Waals surface area contributed by atoms with Crippen molar-refractivity contribution < 1.29 is 14.3 Å². The number of nitrogens with one attached hydrogen (secondary N) is 1. The van der Waals surface area contributed by atoms with Crippen LogP contribution in [0, 0.1) is 20.8 Å². The fourth-order valence-electron chi connectivity index (χ4n) is 2.93. The van der Waals surface area contributed by atoms with Crippen LogP contribution in [0.2, 0.25) is 0 Å². The Morgan fingerprint density at radius 3 is 2.00 bits per heavy atom.